The van der Waals surface area contributed by atoms with Gasteiger partial charge in [0.25, 0.3) is 5.56 Å². The van der Waals surface area contributed by atoms with Gasteiger partial charge in [0.2, 0.25) is 5.82 Å². The highest BCUT2D eigenvalue weighted by molar-refractivity contribution is 5.80. The van der Waals surface area contributed by atoms with Crippen LogP contribution in [0.25, 0.3) is 0 Å². The van der Waals surface area contributed by atoms with Crippen molar-refractivity contribution in [1.82, 2.24) is 14.5 Å². The highest BCUT2D eigenvalue weighted by atomic mass is 19.4. The number of likely N-dealkylation sites (tertiary alicyclic amines) is 1. The Morgan fingerprint density at radius 1 is 1.42 bits per heavy atom. The van der Waals surface area contributed by atoms with E-state index in [1.54, 1.807) is 17.9 Å². The molecule has 1 fully saturated rings. The summed E-state index contributed by atoms with van der Waals surface area (Å²) in [5, 5.41) is 9.91. The molecule has 31 heavy (non-hydrogen) atoms. The first-order chi connectivity index (χ1) is 14.6. The van der Waals surface area contributed by atoms with Gasteiger partial charge < -0.3 is 15.5 Å². The van der Waals surface area contributed by atoms with Crippen LogP contribution in [0.1, 0.15) is 25.6 Å². The van der Waals surface area contributed by atoms with Gasteiger partial charge in [0.1, 0.15) is 6.07 Å². The molecule has 0 aromatic carbocycles. The molecule has 2 aliphatic rings. The van der Waals surface area contributed by atoms with Crippen LogP contribution in [-0.2, 0) is 16.7 Å². The van der Waals surface area contributed by atoms with Gasteiger partial charge in [-0.3, -0.25) is 14.3 Å². The third kappa shape index (κ3) is 4.15. The summed E-state index contributed by atoms with van der Waals surface area (Å²) in [5.74, 6) is 2.26. The maximum atomic E-state index is 13.0. The number of alkyl halides is 3. The number of anilines is 2. The van der Waals surface area contributed by atoms with E-state index in [0.29, 0.717) is 24.4 Å². The van der Waals surface area contributed by atoms with Crippen LogP contribution in [0.4, 0.5) is 24.7 Å². The number of hydrogen-bond acceptors (Lipinski definition) is 9. The van der Waals surface area contributed by atoms with Crippen LogP contribution in [0.2, 0.25) is 0 Å². The van der Waals surface area contributed by atoms with Gasteiger partial charge in [-0.2, -0.15) is 23.4 Å². The SMILES string of the molecule is CC#CCN1c2c(nc(C#N)n(C)c2=O)N(OC(=O)C(F)(F)F)C1N1CCCC(N)C1. The quantitative estimate of drug-likeness (QED) is 0.650. The Balaban J connectivity index is 2.19. The molecule has 0 bridgehead atoms. The molecule has 0 amide bonds. The standard InChI is InChI=1S/C18H20F3N7O3/c1-3-4-8-27-13-14(24-12(9-22)25(2)15(13)29)28(31-16(30)18(19,20)21)17(27)26-7-5-6-11(23)10-26/h11,17H,5-8,10,23H2,1-2H3. The third-order valence-corrected chi connectivity index (χ3v) is 4.99. The summed E-state index contributed by atoms with van der Waals surface area (Å²) in [6.07, 6.45) is -5.05. The molecule has 2 aliphatic heterocycles. The molecule has 1 saturated heterocycles. The summed E-state index contributed by atoms with van der Waals surface area (Å²) >= 11 is 0. The monoisotopic (exact) mass is 439 g/mol. The second-order valence-corrected chi connectivity index (χ2v) is 7.08. The number of rotatable bonds is 3. The van der Waals surface area contributed by atoms with Crippen molar-refractivity contribution >= 4 is 17.5 Å². The summed E-state index contributed by atoms with van der Waals surface area (Å²) in [7, 11) is 1.31. The fourth-order valence-corrected chi connectivity index (χ4v) is 3.59. The second kappa shape index (κ2) is 8.45. The molecule has 166 valence electrons. The summed E-state index contributed by atoms with van der Waals surface area (Å²) in [6, 6.07) is 1.45. The van der Waals surface area contributed by atoms with E-state index in [2.05, 4.69) is 21.7 Å². The van der Waals surface area contributed by atoms with E-state index >= 15 is 0 Å². The summed E-state index contributed by atoms with van der Waals surface area (Å²) < 4.78 is 39.9. The lowest BCUT2D eigenvalue weighted by atomic mass is 10.1. The van der Waals surface area contributed by atoms with Crippen LogP contribution in [0.3, 0.4) is 0 Å². The number of hydroxylamine groups is 1. The Hall–Kier alpha value is -3.29. The van der Waals surface area contributed by atoms with Crippen molar-refractivity contribution in [1.29, 1.82) is 5.26 Å². The summed E-state index contributed by atoms with van der Waals surface area (Å²) in [6.45, 7) is 2.22. The first-order valence-corrected chi connectivity index (χ1v) is 9.35. The van der Waals surface area contributed by atoms with Gasteiger partial charge >= 0.3 is 12.1 Å². The number of nitrogens with two attached hydrogens (primary N) is 1. The minimum atomic E-state index is -5.28. The molecular weight excluding hydrogens is 419 g/mol. The first-order valence-electron chi connectivity index (χ1n) is 9.35. The molecule has 0 spiro atoms. The molecule has 2 unspecified atom stereocenters. The molecule has 0 saturated carbocycles. The number of piperidine rings is 1. The molecule has 1 aromatic rings. The van der Waals surface area contributed by atoms with E-state index in [-0.39, 0.29) is 36.5 Å². The molecule has 10 nitrogen and oxygen atoms in total. The van der Waals surface area contributed by atoms with Crippen molar-refractivity contribution in [3.8, 4) is 17.9 Å². The van der Waals surface area contributed by atoms with Crippen LogP contribution in [-0.4, -0.2) is 58.6 Å². The average molecular weight is 439 g/mol. The van der Waals surface area contributed by atoms with Gasteiger partial charge in [0.15, 0.2) is 17.8 Å². The molecule has 0 radical (unpaired) electrons. The zero-order valence-corrected chi connectivity index (χ0v) is 16.8. The fourth-order valence-electron chi connectivity index (χ4n) is 3.59. The minimum absolute atomic E-state index is 0.0528. The van der Waals surface area contributed by atoms with Crippen molar-refractivity contribution in [2.24, 2.45) is 12.8 Å². The minimum Gasteiger partial charge on any atom is -0.327 e. The maximum Gasteiger partial charge on any atom is 0.493 e. The smallest absolute Gasteiger partial charge is 0.327 e. The van der Waals surface area contributed by atoms with Crippen LogP contribution in [0.5, 0.6) is 0 Å². The van der Waals surface area contributed by atoms with Crippen molar-refractivity contribution in [3.63, 3.8) is 0 Å². The van der Waals surface area contributed by atoms with E-state index < -0.39 is 24.0 Å². The lowest BCUT2D eigenvalue weighted by molar-refractivity contribution is -0.203. The summed E-state index contributed by atoms with van der Waals surface area (Å²) in [5.41, 5.74) is 5.23. The van der Waals surface area contributed by atoms with Crippen LogP contribution >= 0.6 is 0 Å². The molecule has 2 N–H and O–H groups in total. The van der Waals surface area contributed by atoms with Crippen molar-refractivity contribution in [2.75, 3.05) is 29.6 Å². The molecule has 0 aliphatic carbocycles. The van der Waals surface area contributed by atoms with Gasteiger partial charge in [0, 0.05) is 26.2 Å². The normalized spacial score (nSPS) is 21.2. The Bertz CT molecular complexity index is 1040. The van der Waals surface area contributed by atoms with Gasteiger partial charge in [-0.25, -0.2) is 4.79 Å². The number of hydrogen-bond donors (Lipinski definition) is 1. The summed E-state index contributed by atoms with van der Waals surface area (Å²) in [4.78, 5) is 36.5. The van der Waals surface area contributed by atoms with E-state index in [1.807, 2.05) is 0 Å². The molecule has 13 heteroatoms. The zero-order chi connectivity index (χ0) is 22.9. The van der Waals surface area contributed by atoms with Crippen LogP contribution < -0.4 is 21.3 Å². The van der Waals surface area contributed by atoms with E-state index in [4.69, 9.17) is 5.73 Å². The molecule has 2 atom stereocenters. The predicted octanol–water partition coefficient (Wildman–Crippen LogP) is 0.0289. The van der Waals surface area contributed by atoms with Gasteiger partial charge in [-0.15, -0.1) is 11.0 Å². The lowest BCUT2D eigenvalue weighted by Crippen LogP contribution is -2.60. The zero-order valence-electron chi connectivity index (χ0n) is 16.8. The number of aromatic nitrogens is 2. The van der Waals surface area contributed by atoms with Crippen LogP contribution in [0, 0.1) is 23.2 Å². The first kappa shape index (κ1) is 22.4. The number of carbonyl (C=O) groups is 1. The van der Waals surface area contributed by atoms with E-state index in [0.717, 1.165) is 4.57 Å². The number of nitriles is 1. The lowest BCUT2D eigenvalue weighted by Gasteiger charge is -2.41. The second-order valence-electron chi connectivity index (χ2n) is 7.08. The molecule has 1 aromatic heterocycles. The Kier molecular flexibility index (Phi) is 6.10. The van der Waals surface area contributed by atoms with Crippen molar-refractivity contribution in [2.45, 2.75) is 38.3 Å². The van der Waals surface area contributed by atoms with Crippen molar-refractivity contribution < 1.29 is 22.8 Å². The number of carbonyl (C=O) groups excluding carboxylic acids is 1. The van der Waals surface area contributed by atoms with E-state index in [1.165, 1.54) is 11.9 Å². The highest BCUT2D eigenvalue weighted by Crippen LogP contribution is 2.38. The third-order valence-electron chi connectivity index (χ3n) is 4.99. The van der Waals surface area contributed by atoms with Gasteiger partial charge in [0.05, 0.1) is 6.54 Å². The highest BCUT2D eigenvalue weighted by Gasteiger charge is 2.50. The van der Waals surface area contributed by atoms with Crippen LogP contribution in [0.15, 0.2) is 4.79 Å². The van der Waals surface area contributed by atoms with Gasteiger partial charge in [-0.1, -0.05) is 5.92 Å². The number of halogens is 3. The van der Waals surface area contributed by atoms with E-state index in [9.17, 15) is 28.0 Å². The molecular formula is C18H20F3N7O3. The molecule has 3 rings (SSSR count). The maximum absolute atomic E-state index is 13.0. The Morgan fingerprint density at radius 3 is 2.71 bits per heavy atom. The van der Waals surface area contributed by atoms with Gasteiger partial charge in [-0.05, 0) is 19.8 Å². The largest absolute Gasteiger partial charge is 0.493 e. The Morgan fingerprint density at radius 2 is 2.13 bits per heavy atom. The Labute approximate surface area is 175 Å². The average Bonchev–Trinajstić information content (AvgIpc) is 3.01. The topological polar surface area (TPSA) is 121 Å². The molecule has 3 heterocycles. The number of fused-ring (bicyclic) bond motifs is 1. The van der Waals surface area contributed by atoms with Crippen molar-refractivity contribution in [3.05, 3.63) is 16.2 Å². The predicted molar refractivity (Wildman–Crippen MR) is 102 cm³/mol. The fraction of sp³-hybridized carbons (Fsp3) is 0.556. The number of nitrogens with zero attached hydrogens (tertiary/aromatic N) is 6.